The van der Waals surface area contributed by atoms with E-state index in [1.165, 1.54) is 0 Å². The molecular weight excluding hydrogens is 504 g/mol. The number of allylic oxidation sites excluding steroid dienone is 2. The molecule has 1 atom stereocenters. The summed E-state index contributed by atoms with van der Waals surface area (Å²) in [5.74, 6) is 5.12. The zero-order valence-electron chi connectivity index (χ0n) is 22.6. The van der Waals surface area contributed by atoms with Crippen molar-refractivity contribution in [3.63, 3.8) is 0 Å². The third-order valence-corrected chi connectivity index (χ3v) is 5.86. The maximum Gasteiger partial charge on any atom is 0.0898 e. The number of terminal acetylenes is 2. The summed E-state index contributed by atoms with van der Waals surface area (Å²) in [4.78, 5) is 23.3. The van der Waals surface area contributed by atoms with Crippen molar-refractivity contribution in [2.75, 3.05) is 7.05 Å². The number of nitrogens with zero attached hydrogens (tertiary/aromatic N) is 6. The molecule has 6 heterocycles. The van der Waals surface area contributed by atoms with Crippen LogP contribution in [0.2, 0.25) is 0 Å². The first-order chi connectivity index (χ1) is 20.2. The van der Waals surface area contributed by atoms with Crippen LogP contribution in [-0.2, 0) is 0 Å². The Morgan fingerprint density at radius 1 is 0.585 bits per heavy atom. The predicted octanol–water partition coefficient (Wildman–Crippen LogP) is 6.39. The van der Waals surface area contributed by atoms with E-state index in [-0.39, 0.29) is 6.04 Å². The van der Waals surface area contributed by atoms with Gasteiger partial charge >= 0.3 is 0 Å². The van der Waals surface area contributed by atoms with Crippen LogP contribution in [0.3, 0.4) is 0 Å². The van der Waals surface area contributed by atoms with E-state index in [0.717, 1.165) is 39.6 Å². The first-order valence-electron chi connectivity index (χ1n) is 12.8. The lowest BCUT2D eigenvalue weighted by atomic mass is 10.1. The smallest absolute Gasteiger partial charge is 0.0898 e. The minimum atomic E-state index is 0.284. The lowest BCUT2D eigenvalue weighted by Crippen LogP contribution is -2.19. The highest BCUT2D eigenvalue weighted by molar-refractivity contribution is 5.58. The maximum atomic E-state index is 5.32. The molecule has 0 bridgehead atoms. The molecule has 0 aliphatic carbocycles. The van der Waals surface area contributed by atoms with E-state index in [1.807, 2.05) is 79.0 Å². The van der Waals surface area contributed by atoms with Crippen LogP contribution in [0.15, 0.2) is 134 Å². The van der Waals surface area contributed by atoms with Crippen molar-refractivity contribution >= 4 is 0 Å². The molecule has 6 heteroatoms. The van der Waals surface area contributed by atoms with E-state index in [0.29, 0.717) is 0 Å². The molecule has 0 saturated heterocycles. The van der Waals surface area contributed by atoms with Crippen molar-refractivity contribution in [3.05, 3.63) is 151 Å². The van der Waals surface area contributed by atoms with E-state index in [4.69, 9.17) is 12.8 Å². The Morgan fingerprint density at radius 2 is 1.10 bits per heavy atom. The fourth-order valence-corrected chi connectivity index (χ4v) is 3.79. The Kier molecular flexibility index (Phi) is 10.3. The second kappa shape index (κ2) is 14.9. The molecule has 6 rings (SSSR count). The minimum absolute atomic E-state index is 0.284. The van der Waals surface area contributed by atoms with Gasteiger partial charge in [0.15, 0.2) is 0 Å². The highest BCUT2D eigenvalue weighted by Gasteiger charge is 2.13. The van der Waals surface area contributed by atoms with Crippen LogP contribution in [0.4, 0.5) is 0 Å². The molecule has 1 aliphatic rings. The summed E-state index contributed by atoms with van der Waals surface area (Å²) < 4.78 is 0. The first kappa shape index (κ1) is 28.2. The number of rotatable bonds is 3. The Hall–Kier alpha value is -5.85. The second-order valence-corrected chi connectivity index (χ2v) is 8.67. The zero-order chi connectivity index (χ0) is 28.7. The molecule has 1 unspecified atom stereocenters. The molecule has 5 aromatic rings. The van der Waals surface area contributed by atoms with Crippen molar-refractivity contribution in [3.8, 4) is 47.5 Å². The van der Waals surface area contributed by atoms with Gasteiger partial charge in [-0.1, -0.05) is 42.2 Å². The number of likely N-dealkylation sites (N-methyl/N-ethyl adjacent to an activating group) is 1. The van der Waals surface area contributed by atoms with Crippen LogP contribution in [0.25, 0.3) is 22.8 Å². The van der Waals surface area contributed by atoms with Gasteiger partial charge in [0.2, 0.25) is 0 Å². The van der Waals surface area contributed by atoms with Gasteiger partial charge in [0.05, 0.1) is 34.5 Å². The predicted molar refractivity (Wildman–Crippen MR) is 164 cm³/mol. The third-order valence-electron chi connectivity index (χ3n) is 5.86. The summed E-state index contributed by atoms with van der Waals surface area (Å²) in [5, 5.41) is 0. The maximum absolute atomic E-state index is 5.32. The van der Waals surface area contributed by atoms with E-state index in [9.17, 15) is 0 Å². The topological polar surface area (TPSA) is 67.7 Å². The Labute approximate surface area is 241 Å². The van der Waals surface area contributed by atoms with Gasteiger partial charge < -0.3 is 4.90 Å². The van der Waals surface area contributed by atoms with Gasteiger partial charge in [-0.2, -0.15) is 0 Å². The molecule has 198 valence electrons. The van der Waals surface area contributed by atoms with Gasteiger partial charge in [-0.3, -0.25) is 24.9 Å². The highest BCUT2D eigenvalue weighted by atomic mass is 15.1. The van der Waals surface area contributed by atoms with E-state index in [1.54, 1.807) is 36.9 Å². The first-order valence-corrected chi connectivity index (χ1v) is 12.8. The van der Waals surface area contributed by atoms with Gasteiger partial charge in [0, 0.05) is 49.2 Å². The second-order valence-electron chi connectivity index (χ2n) is 8.67. The van der Waals surface area contributed by atoms with Crippen LogP contribution in [-0.4, -0.2) is 36.9 Å². The van der Waals surface area contributed by atoms with Crippen LogP contribution in [0, 0.1) is 24.7 Å². The SMILES string of the molecule is C#Cc1ccnc(-c2cc(C#C)ccn2)c1.CN1C=CC=CC1c1ccccn1.c1ccc(-c2ccccn2)nc1. The number of hydrogen-bond acceptors (Lipinski definition) is 6. The molecule has 0 saturated carbocycles. The lowest BCUT2D eigenvalue weighted by Gasteiger charge is -2.25. The molecule has 0 N–H and O–H groups in total. The summed E-state index contributed by atoms with van der Waals surface area (Å²) in [6.07, 6.45) is 27.6. The average Bonchev–Trinajstić information content (AvgIpc) is 3.07. The molecule has 1 aliphatic heterocycles. The van der Waals surface area contributed by atoms with Crippen LogP contribution < -0.4 is 0 Å². The van der Waals surface area contributed by atoms with Crippen molar-refractivity contribution in [1.29, 1.82) is 0 Å². The summed E-state index contributed by atoms with van der Waals surface area (Å²) in [7, 11) is 2.05. The number of pyridine rings is 5. The summed E-state index contributed by atoms with van der Waals surface area (Å²) in [6, 6.07) is 25.0. The molecular formula is C35H28N6. The molecule has 41 heavy (non-hydrogen) atoms. The summed E-state index contributed by atoms with van der Waals surface area (Å²) >= 11 is 0. The van der Waals surface area contributed by atoms with Crippen molar-refractivity contribution in [2.45, 2.75) is 6.04 Å². The monoisotopic (exact) mass is 532 g/mol. The van der Waals surface area contributed by atoms with Crippen LogP contribution in [0.1, 0.15) is 22.9 Å². The van der Waals surface area contributed by atoms with E-state index >= 15 is 0 Å². The van der Waals surface area contributed by atoms with Gasteiger partial charge in [-0.15, -0.1) is 12.8 Å². The minimum Gasteiger partial charge on any atom is -0.368 e. The molecule has 0 aromatic carbocycles. The summed E-state index contributed by atoms with van der Waals surface area (Å²) in [5.41, 5.74) is 5.93. The number of hydrogen-bond donors (Lipinski definition) is 0. The molecule has 6 nitrogen and oxygen atoms in total. The quantitative estimate of drug-likeness (QED) is 0.251. The lowest BCUT2D eigenvalue weighted by molar-refractivity contribution is 0.383. The van der Waals surface area contributed by atoms with Crippen LogP contribution >= 0.6 is 0 Å². The molecule has 0 radical (unpaired) electrons. The van der Waals surface area contributed by atoms with Gasteiger partial charge in [0.1, 0.15) is 0 Å². The average molecular weight is 533 g/mol. The Bertz CT molecular complexity index is 1570. The van der Waals surface area contributed by atoms with Gasteiger partial charge in [0.25, 0.3) is 0 Å². The normalized spacial score (nSPS) is 13.0. The van der Waals surface area contributed by atoms with E-state index < -0.39 is 0 Å². The van der Waals surface area contributed by atoms with Crippen molar-refractivity contribution < 1.29 is 0 Å². The van der Waals surface area contributed by atoms with Crippen LogP contribution in [0.5, 0.6) is 0 Å². The Balaban J connectivity index is 0.000000143. The molecule has 0 amide bonds. The largest absolute Gasteiger partial charge is 0.368 e. The fraction of sp³-hybridized carbons (Fsp3) is 0.0571. The molecule has 0 fully saturated rings. The van der Waals surface area contributed by atoms with Crippen molar-refractivity contribution in [1.82, 2.24) is 29.8 Å². The Morgan fingerprint density at radius 3 is 1.54 bits per heavy atom. The molecule has 5 aromatic heterocycles. The highest BCUT2D eigenvalue weighted by Crippen LogP contribution is 2.21. The fourth-order valence-electron chi connectivity index (χ4n) is 3.79. The van der Waals surface area contributed by atoms with Gasteiger partial charge in [-0.25, -0.2) is 0 Å². The third kappa shape index (κ3) is 8.32. The molecule has 0 spiro atoms. The van der Waals surface area contributed by atoms with E-state index in [2.05, 4.69) is 67.1 Å². The van der Waals surface area contributed by atoms with Crippen molar-refractivity contribution in [2.24, 2.45) is 0 Å². The zero-order valence-corrected chi connectivity index (χ0v) is 22.6. The van der Waals surface area contributed by atoms with Gasteiger partial charge in [-0.05, 0) is 72.9 Å². The summed E-state index contributed by atoms with van der Waals surface area (Å²) in [6.45, 7) is 0. The number of aromatic nitrogens is 5. The standard InChI is InChI=1S/C14H8N2.C11H12N2.C10H8N2/c1-3-11-5-7-15-13(9-11)14-10-12(4-2)6-8-16-14;1-13-9-5-3-7-11(13)10-6-2-4-8-12-10;1-3-7-11-9(5-1)10-6-2-4-8-12-10/h1-2,5-10H;2-9,11H,1H3;1-8H.